The summed E-state index contributed by atoms with van der Waals surface area (Å²) in [5.74, 6) is 3.23. The Labute approximate surface area is 212 Å². The second kappa shape index (κ2) is 10.0. The van der Waals surface area contributed by atoms with Crippen LogP contribution in [0.3, 0.4) is 0 Å². The molecule has 0 heterocycles. The number of fused-ring (bicyclic) bond motifs is 5. The predicted molar refractivity (Wildman–Crippen MR) is 138 cm³/mol. The molecule has 6 heteroatoms. The van der Waals surface area contributed by atoms with Gasteiger partial charge in [0.25, 0.3) is 0 Å². The normalized spacial score (nSPS) is 41.3. The first-order valence-electron chi connectivity index (χ1n) is 14.2. The Morgan fingerprint density at radius 2 is 1.89 bits per heavy atom. The second-order valence-corrected chi connectivity index (χ2v) is 13.3. The summed E-state index contributed by atoms with van der Waals surface area (Å²) in [7, 11) is 0. The van der Waals surface area contributed by atoms with Crippen LogP contribution in [0, 0.1) is 56.5 Å². The summed E-state index contributed by atoms with van der Waals surface area (Å²) in [6, 6.07) is -0.242. The van der Waals surface area contributed by atoms with Crippen molar-refractivity contribution in [3.05, 3.63) is 21.8 Å². The Hall–Kier alpha value is -1.59. The van der Waals surface area contributed by atoms with Gasteiger partial charge in [0.2, 0.25) is 0 Å². The van der Waals surface area contributed by atoms with Crippen molar-refractivity contribution in [2.75, 3.05) is 0 Å². The van der Waals surface area contributed by atoms with E-state index in [0.717, 1.165) is 31.1 Å². The number of hydrazine groups is 1. The third kappa shape index (κ3) is 5.00. The van der Waals surface area contributed by atoms with E-state index < -0.39 is 0 Å². The third-order valence-electron chi connectivity index (χ3n) is 10.9. The molecule has 0 saturated heterocycles. The van der Waals surface area contributed by atoms with E-state index >= 15 is 0 Å². The number of carbonyl (C=O) groups excluding carboxylic acids is 1. The molecule has 4 aliphatic carbocycles. The van der Waals surface area contributed by atoms with Crippen molar-refractivity contribution in [2.45, 2.75) is 118 Å². The van der Waals surface area contributed by atoms with Gasteiger partial charge in [0, 0.05) is 13.3 Å². The van der Waals surface area contributed by atoms with E-state index in [1.165, 1.54) is 51.0 Å². The van der Waals surface area contributed by atoms with E-state index in [1.807, 2.05) is 0 Å². The number of hydrogen-bond donors (Lipinski definition) is 1. The largest absolute Gasteiger partial charge is 0.462 e. The molecular formula is C29H48N2O4. The summed E-state index contributed by atoms with van der Waals surface area (Å²) in [6.07, 6.45) is 13.4. The minimum Gasteiger partial charge on any atom is -0.462 e. The number of nitrogens with one attached hydrogen (secondary N) is 1. The Morgan fingerprint density at radius 1 is 1.14 bits per heavy atom. The smallest absolute Gasteiger partial charge is 0.302 e. The molecule has 0 aromatic rings. The Bertz CT molecular complexity index is 841. The van der Waals surface area contributed by atoms with E-state index in [1.54, 1.807) is 0 Å². The molecule has 0 aromatic heterocycles. The molecule has 0 bridgehead atoms. The second-order valence-electron chi connectivity index (χ2n) is 13.3. The van der Waals surface area contributed by atoms with Crippen LogP contribution >= 0.6 is 0 Å². The maximum atomic E-state index is 11.7. The number of esters is 1. The standard InChI is InChI=1S/C29H48N2O4/c1-18(2)8-7-9-19(3)23-10-11-24-27-25(13-15-29(23,24)6)28(5)14-12-22(35-20(4)32)16-21(28)17-26(27)30-31(33)34/h17-19,22-27,30H,7-16H2,1-6H3/t19?,22-,23+,24-,25-,26?,27-,28-,29+/m0/s1. The first kappa shape index (κ1) is 26.5. The maximum absolute atomic E-state index is 11.7. The zero-order chi connectivity index (χ0) is 25.5. The molecule has 0 radical (unpaired) electrons. The number of hydrogen-bond acceptors (Lipinski definition) is 4. The molecule has 3 saturated carbocycles. The highest BCUT2D eigenvalue weighted by Crippen LogP contribution is 2.67. The molecule has 0 aliphatic heterocycles. The van der Waals surface area contributed by atoms with Crippen molar-refractivity contribution >= 4 is 5.97 Å². The minimum absolute atomic E-state index is 0.0540. The van der Waals surface area contributed by atoms with Crippen LogP contribution in [-0.4, -0.2) is 23.1 Å². The minimum atomic E-state index is -0.333. The van der Waals surface area contributed by atoms with Gasteiger partial charge in [-0.15, -0.1) is 5.43 Å². The van der Waals surface area contributed by atoms with E-state index in [0.29, 0.717) is 30.1 Å². The van der Waals surface area contributed by atoms with Crippen LogP contribution in [0.5, 0.6) is 0 Å². The van der Waals surface area contributed by atoms with E-state index in [2.05, 4.69) is 46.1 Å². The molecule has 4 rings (SSSR count). The van der Waals surface area contributed by atoms with Gasteiger partial charge in [-0.05, 0) is 84.9 Å². The molecule has 35 heavy (non-hydrogen) atoms. The number of nitro groups is 1. The molecule has 2 unspecified atom stereocenters. The van der Waals surface area contributed by atoms with Gasteiger partial charge in [0.1, 0.15) is 12.1 Å². The summed E-state index contributed by atoms with van der Waals surface area (Å²) in [5.41, 5.74) is 4.34. The van der Waals surface area contributed by atoms with Gasteiger partial charge in [0.15, 0.2) is 5.03 Å². The summed E-state index contributed by atoms with van der Waals surface area (Å²) in [6.45, 7) is 13.5. The van der Waals surface area contributed by atoms with Gasteiger partial charge in [-0.1, -0.05) is 65.5 Å². The number of carbonyl (C=O) groups is 1. The van der Waals surface area contributed by atoms with Crippen molar-refractivity contribution in [3.8, 4) is 0 Å². The molecule has 0 spiro atoms. The fourth-order valence-corrected chi connectivity index (χ4v) is 9.26. The molecule has 3 fully saturated rings. The highest BCUT2D eigenvalue weighted by molar-refractivity contribution is 5.66. The Balaban J connectivity index is 1.60. The third-order valence-corrected chi connectivity index (χ3v) is 10.9. The van der Waals surface area contributed by atoms with Crippen LogP contribution in [0.15, 0.2) is 11.6 Å². The van der Waals surface area contributed by atoms with Crippen molar-refractivity contribution < 1.29 is 14.6 Å². The fourth-order valence-electron chi connectivity index (χ4n) is 9.26. The van der Waals surface area contributed by atoms with E-state index in [-0.39, 0.29) is 34.0 Å². The van der Waals surface area contributed by atoms with Crippen LogP contribution in [0.25, 0.3) is 0 Å². The predicted octanol–water partition coefficient (Wildman–Crippen LogP) is 6.72. The first-order chi connectivity index (χ1) is 16.5. The monoisotopic (exact) mass is 488 g/mol. The van der Waals surface area contributed by atoms with Crippen LogP contribution in [-0.2, 0) is 9.53 Å². The molecule has 9 atom stereocenters. The lowest BCUT2D eigenvalue weighted by molar-refractivity contribution is -0.551. The lowest BCUT2D eigenvalue weighted by atomic mass is 9.46. The van der Waals surface area contributed by atoms with Crippen LogP contribution in [0.1, 0.15) is 106 Å². The summed E-state index contributed by atoms with van der Waals surface area (Å²) in [5, 5.41) is 11.4. The fraction of sp³-hybridized carbons (Fsp3) is 0.897. The van der Waals surface area contributed by atoms with Crippen molar-refractivity contribution in [2.24, 2.45) is 46.3 Å². The zero-order valence-electron chi connectivity index (χ0n) is 22.8. The topological polar surface area (TPSA) is 81.5 Å². The van der Waals surface area contributed by atoms with Gasteiger partial charge in [-0.3, -0.25) is 4.79 Å². The SMILES string of the molecule is CC(=O)O[C@H]1CC[C@@]2(C)C(=CC(N[N+](=O)[O-])[C@H]3[C@@H]4CC[C@H](C(C)CCCC(C)C)[C@@]4(C)CC[C@@H]32)C1. The van der Waals surface area contributed by atoms with Gasteiger partial charge >= 0.3 is 5.97 Å². The number of ether oxygens (including phenoxy) is 1. The van der Waals surface area contributed by atoms with Crippen molar-refractivity contribution in [3.63, 3.8) is 0 Å². The van der Waals surface area contributed by atoms with Gasteiger partial charge < -0.3 is 4.74 Å². The number of rotatable bonds is 8. The molecule has 0 aromatic carbocycles. The summed E-state index contributed by atoms with van der Waals surface area (Å²) < 4.78 is 5.58. The van der Waals surface area contributed by atoms with Gasteiger partial charge in [-0.2, -0.15) is 0 Å². The zero-order valence-corrected chi connectivity index (χ0v) is 22.8. The van der Waals surface area contributed by atoms with Crippen molar-refractivity contribution in [1.29, 1.82) is 0 Å². The highest BCUT2D eigenvalue weighted by atomic mass is 16.7. The van der Waals surface area contributed by atoms with Gasteiger partial charge in [-0.25, -0.2) is 10.1 Å². The quantitative estimate of drug-likeness (QED) is 0.177. The van der Waals surface area contributed by atoms with Crippen LogP contribution < -0.4 is 5.43 Å². The molecule has 4 aliphatic rings. The lowest BCUT2D eigenvalue weighted by Gasteiger charge is -2.59. The molecule has 1 N–H and O–H groups in total. The highest BCUT2D eigenvalue weighted by Gasteiger charge is 2.62. The molecule has 6 nitrogen and oxygen atoms in total. The van der Waals surface area contributed by atoms with Crippen LogP contribution in [0.2, 0.25) is 0 Å². The molecule has 0 amide bonds. The maximum Gasteiger partial charge on any atom is 0.302 e. The molecular weight excluding hydrogens is 440 g/mol. The molecule has 198 valence electrons. The Morgan fingerprint density at radius 3 is 2.54 bits per heavy atom. The first-order valence-corrected chi connectivity index (χ1v) is 14.2. The van der Waals surface area contributed by atoms with Gasteiger partial charge in [0.05, 0.1) is 0 Å². The average Bonchev–Trinajstić information content (AvgIpc) is 3.10. The summed E-state index contributed by atoms with van der Waals surface area (Å²) >= 11 is 0. The average molecular weight is 489 g/mol. The van der Waals surface area contributed by atoms with E-state index in [4.69, 9.17) is 4.74 Å². The lowest BCUT2D eigenvalue weighted by Crippen LogP contribution is -2.58. The summed E-state index contributed by atoms with van der Waals surface area (Å²) in [4.78, 5) is 23.3. The number of nitrogens with zero attached hydrogens (tertiary/aromatic N) is 1. The van der Waals surface area contributed by atoms with Crippen LogP contribution in [0.4, 0.5) is 0 Å². The van der Waals surface area contributed by atoms with E-state index in [9.17, 15) is 14.9 Å². The Kier molecular flexibility index (Phi) is 7.60. The van der Waals surface area contributed by atoms with Crippen molar-refractivity contribution in [1.82, 2.24) is 5.43 Å².